The Hall–Kier alpha value is -2.23. The van der Waals surface area contributed by atoms with E-state index in [1.54, 1.807) is 0 Å². The largest absolute Gasteiger partial charge is 0.454 e. The lowest BCUT2D eigenvalue weighted by molar-refractivity contribution is -0.129. The van der Waals surface area contributed by atoms with Crippen LogP contribution in [-0.2, 0) is 22.4 Å². The number of carbonyl (C=O) groups is 2. The summed E-state index contributed by atoms with van der Waals surface area (Å²) in [6.07, 6.45) is 2.75. The van der Waals surface area contributed by atoms with Gasteiger partial charge in [0.2, 0.25) is 0 Å². The molecule has 1 aromatic heterocycles. The van der Waals surface area contributed by atoms with Crippen molar-refractivity contribution in [2.24, 2.45) is 16.7 Å². The van der Waals surface area contributed by atoms with Crippen LogP contribution in [-0.4, -0.2) is 23.3 Å². The van der Waals surface area contributed by atoms with Crippen molar-refractivity contribution >= 4 is 22.7 Å². The van der Waals surface area contributed by atoms with Gasteiger partial charge in [-0.25, -0.2) is 4.79 Å². The predicted molar refractivity (Wildman–Crippen MR) is 111 cm³/mol. The lowest BCUT2D eigenvalue weighted by atomic mass is 9.70. The highest BCUT2D eigenvalue weighted by Crippen LogP contribution is 2.39. The number of esters is 1. The van der Waals surface area contributed by atoms with Gasteiger partial charge in [-0.05, 0) is 42.2 Å². The van der Waals surface area contributed by atoms with Crippen molar-refractivity contribution in [1.82, 2.24) is 4.98 Å². The minimum atomic E-state index is -0.530. The first-order chi connectivity index (χ1) is 13.0. The molecular weight excluding hydrogens is 350 g/mol. The Labute approximate surface area is 167 Å². The molecule has 4 heteroatoms. The van der Waals surface area contributed by atoms with Crippen molar-refractivity contribution in [2.75, 3.05) is 6.61 Å². The number of benzene rings is 1. The molecule has 28 heavy (non-hydrogen) atoms. The van der Waals surface area contributed by atoms with Crippen molar-refractivity contribution in [3.63, 3.8) is 0 Å². The molecule has 0 aliphatic heterocycles. The summed E-state index contributed by atoms with van der Waals surface area (Å²) in [6, 6.07) is 7.70. The number of Topliss-reactive ketones (excluding diaryl/α,β-unsaturated/α-hetero) is 1. The zero-order chi connectivity index (χ0) is 20.7. The van der Waals surface area contributed by atoms with Crippen LogP contribution in [0.25, 0.3) is 10.9 Å². The second-order valence-electron chi connectivity index (χ2n) is 9.98. The van der Waals surface area contributed by atoms with Crippen LogP contribution in [0, 0.1) is 16.7 Å². The van der Waals surface area contributed by atoms with Crippen molar-refractivity contribution in [3.8, 4) is 0 Å². The first kappa shape index (κ1) is 20.5. The third-order valence-corrected chi connectivity index (χ3v) is 5.86. The topological polar surface area (TPSA) is 56.3 Å². The van der Waals surface area contributed by atoms with Crippen LogP contribution in [0.4, 0.5) is 0 Å². The van der Waals surface area contributed by atoms with E-state index < -0.39 is 11.4 Å². The molecule has 1 heterocycles. The molecule has 0 saturated carbocycles. The van der Waals surface area contributed by atoms with Crippen molar-refractivity contribution in [1.29, 1.82) is 0 Å². The van der Waals surface area contributed by atoms with E-state index in [1.807, 2.05) is 45.0 Å². The van der Waals surface area contributed by atoms with Gasteiger partial charge in [0.25, 0.3) is 0 Å². The second-order valence-corrected chi connectivity index (χ2v) is 9.98. The molecule has 4 nitrogen and oxygen atoms in total. The van der Waals surface area contributed by atoms with Crippen LogP contribution in [0.5, 0.6) is 0 Å². The van der Waals surface area contributed by atoms with Crippen LogP contribution in [0.3, 0.4) is 0 Å². The normalized spacial score (nSPS) is 17.3. The molecule has 1 unspecified atom stereocenters. The van der Waals surface area contributed by atoms with E-state index in [-0.39, 0.29) is 17.8 Å². The van der Waals surface area contributed by atoms with Crippen molar-refractivity contribution < 1.29 is 14.3 Å². The molecular formula is C24H31NO3. The number of para-hydroxylation sites is 1. The number of hydrogen-bond acceptors (Lipinski definition) is 4. The Kier molecular flexibility index (Phi) is 5.35. The summed E-state index contributed by atoms with van der Waals surface area (Å²) in [5.41, 5.74) is 3.02. The summed E-state index contributed by atoms with van der Waals surface area (Å²) in [5, 5.41) is 0.809. The van der Waals surface area contributed by atoms with Gasteiger partial charge in [-0.15, -0.1) is 0 Å². The van der Waals surface area contributed by atoms with E-state index in [4.69, 9.17) is 9.72 Å². The maximum atomic E-state index is 13.1. The number of fused-ring (bicyclic) bond motifs is 2. The SMILES string of the molecule is CC(C)(C)C(=O)COC(=O)c1c2c(nc3ccccc13)CCC(C(C)(C)C)C2. The highest BCUT2D eigenvalue weighted by molar-refractivity contribution is 6.05. The Morgan fingerprint density at radius 1 is 1.11 bits per heavy atom. The van der Waals surface area contributed by atoms with Crippen molar-refractivity contribution in [2.45, 2.75) is 60.8 Å². The summed E-state index contributed by atoms with van der Waals surface area (Å²) < 4.78 is 5.50. The smallest absolute Gasteiger partial charge is 0.339 e. The first-order valence-corrected chi connectivity index (χ1v) is 10.1. The average Bonchev–Trinajstić information content (AvgIpc) is 2.61. The van der Waals surface area contributed by atoms with Gasteiger partial charge in [0, 0.05) is 16.5 Å². The van der Waals surface area contributed by atoms with Gasteiger partial charge in [0.15, 0.2) is 12.4 Å². The van der Waals surface area contributed by atoms with Gasteiger partial charge < -0.3 is 4.74 Å². The Balaban J connectivity index is 2.02. The lowest BCUT2D eigenvalue weighted by Crippen LogP contribution is -2.30. The molecule has 0 bridgehead atoms. The molecule has 0 saturated heterocycles. The monoisotopic (exact) mass is 381 g/mol. The van der Waals surface area contributed by atoms with Gasteiger partial charge in [0.1, 0.15) is 0 Å². The van der Waals surface area contributed by atoms with Crippen LogP contribution in [0.1, 0.15) is 69.6 Å². The Bertz CT molecular complexity index is 916. The van der Waals surface area contributed by atoms with Gasteiger partial charge >= 0.3 is 5.97 Å². The van der Waals surface area contributed by atoms with E-state index >= 15 is 0 Å². The minimum absolute atomic E-state index is 0.0827. The number of aryl methyl sites for hydroxylation is 1. The van der Waals surface area contributed by atoms with E-state index in [0.717, 1.165) is 41.4 Å². The van der Waals surface area contributed by atoms with E-state index in [9.17, 15) is 9.59 Å². The van der Waals surface area contributed by atoms with Crippen LogP contribution in [0.15, 0.2) is 24.3 Å². The van der Waals surface area contributed by atoms with E-state index in [1.165, 1.54) is 0 Å². The lowest BCUT2D eigenvalue weighted by Gasteiger charge is -2.35. The Morgan fingerprint density at radius 3 is 2.43 bits per heavy atom. The predicted octanol–water partition coefficient (Wildman–Crippen LogP) is 5.16. The van der Waals surface area contributed by atoms with Gasteiger partial charge in [-0.3, -0.25) is 9.78 Å². The summed E-state index contributed by atoms with van der Waals surface area (Å²) in [7, 11) is 0. The molecule has 0 fully saturated rings. The third-order valence-electron chi connectivity index (χ3n) is 5.86. The first-order valence-electron chi connectivity index (χ1n) is 10.1. The zero-order valence-electron chi connectivity index (χ0n) is 17.9. The molecule has 1 aliphatic carbocycles. The van der Waals surface area contributed by atoms with Gasteiger partial charge in [0.05, 0.1) is 11.1 Å². The number of ketones is 1. The average molecular weight is 382 g/mol. The van der Waals surface area contributed by atoms with Crippen LogP contribution in [0.2, 0.25) is 0 Å². The molecule has 1 atom stereocenters. The molecule has 1 aliphatic rings. The fourth-order valence-electron chi connectivity index (χ4n) is 3.78. The van der Waals surface area contributed by atoms with E-state index in [0.29, 0.717) is 11.5 Å². The molecule has 3 rings (SSSR count). The van der Waals surface area contributed by atoms with Gasteiger partial charge in [-0.1, -0.05) is 59.7 Å². The fraction of sp³-hybridized carbons (Fsp3) is 0.542. The zero-order valence-corrected chi connectivity index (χ0v) is 17.9. The summed E-state index contributed by atoms with van der Waals surface area (Å²) >= 11 is 0. The summed E-state index contributed by atoms with van der Waals surface area (Å²) in [4.78, 5) is 30.2. The molecule has 0 amide bonds. The standard InChI is InChI=1S/C24H31NO3/c1-23(2,3)15-11-12-19-17(13-15)21(16-9-7-8-10-18(16)25-19)22(27)28-14-20(26)24(4,5)6/h7-10,15H,11-14H2,1-6H3. The third kappa shape index (κ3) is 4.11. The second kappa shape index (κ2) is 7.31. The number of pyridine rings is 1. The maximum absolute atomic E-state index is 13.1. The Morgan fingerprint density at radius 2 is 1.79 bits per heavy atom. The molecule has 0 N–H and O–H groups in total. The number of hydrogen-bond donors (Lipinski definition) is 0. The number of rotatable bonds is 3. The molecule has 0 radical (unpaired) electrons. The summed E-state index contributed by atoms with van der Waals surface area (Å²) in [5.74, 6) is -0.0200. The van der Waals surface area contributed by atoms with E-state index in [2.05, 4.69) is 20.8 Å². The van der Waals surface area contributed by atoms with Gasteiger partial charge in [-0.2, -0.15) is 0 Å². The quantitative estimate of drug-likeness (QED) is 0.689. The van der Waals surface area contributed by atoms with Crippen molar-refractivity contribution in [3.05, 3.63) is 41.1 Å². The molecule has 2 aromatic rings. The number of ether oxygens (including phenoxy) is 1. The molecule has 0 spiro atoms. The van der Waals surface area contributed by atoms with Crippen LogP contribution < -0.4 is 0 Å². The maximum Gasteiger partial charge on any atom is 0.339 e. The highest BCUT2D eigenvalue weighted by atomic mass is 16.5. The highest BCUT2D eigenvalue weighted by Gasteiger charge is 2.33. The fourth-order valence-corrected chi connectivity index (χ4v) is 3.78. The number of aromatic nitrogens is 1. The molecule has 1 aromatic carbocycles. The van der Waals surface area contributed by atoms with Crippen LogP contribution >= 0.6 is 0 Å². The number of nitrogens with zero attached hydrogens (tertiary/aromatic N) is 1. The number of carbonyl (C=O) groups excluding carboxylic acids is 2. The molecule has 150 valence electrons. The minimum Gasteiger partial charge on any atom is -0.454 e. The summed E-state index contributed by atoms with van der Waals surface area (Å²) in [6.45, 7) is 12.0.